The van der Waals surface area contributed by atoms with Gasteiger partial charge in [-0.3, -0.25) is 9.78 Å². The summed E-state index contributed by atoms with van der Waals surface area (Å²) in [6.07, 6.45) is 4.33. The molecule has 0 bridgehead atoms. The van der Waals surface area contributed by atoms with Gasteiger partial charge in [0.25, 0.3) is 5.91 Å². The Hall–Kier alpha value is -2.55. The van der Waals surface area contributed by atoms with Gasteiger partial charge in [-0.2, -0.15) is 0 Å². The third-order valence-electron chi connectivity index (χ3n) is 5.31. The smallest absolute Gasteiger partial charge is 0.271 e. The van der Waals surface area contributed by atoms with Crippen LogP contribution in [0.3, 0.4) is 0 Å². The average molecular weight is 418 g/mol. The van der Waals surface area contributed by atoms with Crippen LogP contribution < -0.4 is 11.1 Å². The van der Waals surface area contributed by atoms with E-state index in [1.807, 2.05) is 6.92 Å². The first-order valence-corrected chi connectivity index (χ1v) is 9.69. The Morgan fingerprint density at radius 2 is 2.14 bits per heavy atom. The zero-order valence-electron chi connectivity index (χ0n) is 15.9. The van der Waals surface area contributed by atoms with Gasteiger partial charge in [0.2, 0.25) is 0 Å². The van der Waals surface area contributed by atoms with Crippen molar-refractivity contribution in [2.75, 3.05) is 19.8 Å². The van der Waals surface area contributed by atoms with E-state index in [0.29, 0.717) is 54.9 Å². The largest absolute Gasteiger partial charge is 0.381 e. The predicted octanol–water partition coefficient (Wildman–Crippen LogP) is 2.96. The fourth-order valence-electron chi connectivity index (χ4n) is 3.48. The number of aromatic amines is 1. The van der Waals surface area contributed by atoms with Crippen LogP contribution in [0.5, 0.6) is 0 Å². The van der Waals surface area contributed by atoms with Crippen molar-refractivity contribution in [2.45, 2.75) is 25.3 Å². The van der Waals surface area contributed by atoms with Crippen molar-refractivity contribution in [1.82, 2.24) is 20.3 Å². The van der Waals surface area contributed by atoms with Gasteiger partial charge in [0, 0.05) is 36.2 Å². The Bertz CT molecular complexity index is 1080. The number of rotatable bonds is 4. The number of carbonyl (C=O) groups excluding carboxylic acids is 1. The molecule has 2 aromatic heterocycles. The summed E-state index contributed by atoms with van der Waals surface area (Å²) in [6.45, 7) is 3.36. The molecule has 1 saturated heterocycles. The molecule has 1 aromatic carbocycles. The van der Waals surface area contributed by atoms with Gasteiger partial charge in [0.1, 0.15) is 17.2 Å². The molecule has 3 heterocycles. The van der Waals surface area contributed by atoms with Crippen molar-refractivity contribution in [2.24, 2.45) is 5.73 Å². The molecule has 0 unspecified atom stereocenters. The Morgan fingerprint density at radius 1 is 1.38 bits per heavy atom. The first kappa shape index (κ1) is 19.8. The van der Waals surface area contributed by atoms with Gasteiger partial charge in [0.05, 0.1) is 23.1 Å². The van der Waals surface area contributed by atoms with Gasteiger partial charge in [0.15, 0.2) is 0 Å². The maximum Gasteiger partial charge on any atom is 0.271 e. The standard InChI is InChI=1S/C20H21ClFN5O2/c1-11-12-6-14(22)13(21)7-15(12)27-18(11)16-8-24-9-17(26-16)19(28)25-10-20(23)2-4-29-5-3-20/h6-9,27H,2-5,10,23H2,1H3,(H,25,28). The van der Waals surface area contributed by atoms with E-state index in [0.717, 1.165) is 5.56 Å². The summed E-state index contributed by atoms with van der Waals surface area (Å²) < 4.78 is 19.2. The lowest BCUT2D eigenvalue weighted by atomic mass is 9.91. The summed E-state index contributed by atoms with van der Waals surface area (Å²) in [5.41, 5.74) is 8.64. The van der Waals surface area contributed by atoms with E-state index in [1.165, 1.54) is 18.3 Å². The van der Waals surface area contributed by atoms with Crippen molar-refractivity contribution in [3.05, 3.63) is 46.6 Å². The van der Waals surface area contributed by atoms with Crippen LogP contribution in [-0.2, 0) is 4.74 Å². The summed E-state index contributed by atoms with van der Waals surface area (Å²) in [5.74, 6) is -0.839. The van der Waals surface area contributed by atoms with Gasteiger partial charge in [-0.05, 0) is 37.5 Å². The zero-order valence-corrected chi connectivity index (χ0v) is 16.6. The Balaban J connectivity index is 1.58. The monoisotopic (exact) mass is 417 g/mol. The minimum absolute atomic E-state index is 0.0355. The molecule has 7 nitrogen and oxygen atoms in total. The Kier molecular flexibility index (Phi) is 5.24. The molecule has 9 heteroatoms. The van der Waals surface area contributed by atoms with Crippen molar-refractivity contribution < 1.29 is 13.9 Å². The van der Waals surface area contributed by atoms with Crippen molar-refractivity contribution in [1.29, 1.82) is 0 Å². The SMILES string of the molecule is Cc1c(-c2cncc(C(=O)NCC3(N)CCOCC3)n2)[nH]c2cc(Cl)c(F)cc12. The molecule has 152 valence electrons. The number of nitrogens with zero attached hydrogens (tertiary/aromatic N) is 2. The van der Waals surface area contributed by atoms with Crippen LogP contribution in [0.15, 0.2) is 24.5 Å². The molecule has 0 saturated carbocycles. The van der Waals surface area contributed by atoms with E-state index in [4.69, 9.17) is 22.1 Å². The molecule has 0 aliphatic carbocycles. The fourth-order valence-corrected chi connectivity index (χ4v) is 3.64. The van der Waals surface area contributed by atoms with Crippen LogP contribution in [0.4, 0.5) is 4.39 Å². The van der Waals surface area contributed by atoms with Crippen LogP contribution in [-0.4, -0.2) is 46.2 Å². The summed E-state index contributed by atoms with van der Waals surface area (Å²) in [6, 6.07) is 2.91. The number of carbonyl (C=O) groups is 1. The highest BCUT2D eigenvalue weighted by Crippen LogP contribution is 2.31. The minimum atomic E-state index is -0.490. The third-order valence-corrected chi connectivity index (χ3v) is 5.60. The lowest BCUT2D eigenvalue weighted by Gasteiger charge is -2.33. The van der Waals surface area contributed by atoms with Crippen LogP contribution >= 0.6 is 11.6 Å². The first-order valence-electron chi connectivity index (χ1n) is 9.31. The molecule has 1 amide bonds. The second-order valence-electron chi connectivity index (χ2n) is 7.38. The quantitative estimate of drug-likeness (QED) is 0.605. The number of aryl methyl sites for hydroxylation is 1. The minimum Gasteiger partial charge on any atom is -0.381 e. The number of halogens is 2. The van der Waals surface area contributed by atoms with Crippen molar-refractivity contribution in [3.63, 3.8) is 0 Å². The lowest BCUT2D eigenvalue weighted by molar-refractivity contribution is 0.0518. The molecular formula is C20H21ClFN5O2. The molecule has 0 radical (unpaired) electrons. The van der Waals surface area contributed by atoms with E-state index in [2.05, 4.69) is 20.3 Å². The van der Waals surface area contributed by atoms with E-state index >= 15 is 0 Å². The lowest BCUT2D eigenvalue weighted by Crippen LogP contribution is -2.53. The number of hydrogen-bond acceptors (Lipinski definition) is 5. The number of fused-ring (bicyclic) bond motifs is 1. The molecule has 0 spiro atoms. The van der Waals surface area contributed by atoms with Crippen LogP contribution in [0.1, 0.15) is 28.9 Å². The van der Waals surface area contributed by atoms with E-state index < -0.39 is 11.4 Å². The Morgan fingerprint density at radius 3 is 2.90 bits per heavy atom. The molecular weight excluding hydrogens is 397 g/mol. The normalized spacial score (nSPS) is 16.1. The number of nitrogens with two attached hydrogens (primary N) is 1. The maximum absolute atomic E-state index is 13.8. The number of aromatic nitrogens is 3. The topological polar surface area (TPSA) is 106 Å². The Labute approximate surface area is 171 Å². The summed E-state index contributed by atoms with van der Waals surface area (Å²) in [4.78, 5) is 24.3. The molecule has 4 N–H and O–H groups in total. The molecule has 1 aliphatic heterocycles. The highest BCUT2D eigenvalue weighted by atomic mass is 35.5. The van der Waals surface area contributed by atoms with Crippen LogP contribution in [0.2, 0.25) is 5.02 Å². The van der Waals surface area contributed by atoms with E-state index in [-0.39, 0.29) is 16.6 Å². The van der Waals surface area contributed by atoms with E-state index in [9.17, 15) is 9.18 Å². The van der Waals surface area contributed by atoms with Crippen molar-refractivity contribution in [3.8, 4) is 11.4 Å². The third kappa shape index (κ3) is 3.96. The van der Waals surface area contributed by atoms with Crippen LogP contribution in [0.25, 0.3) is 22.3 Å². The number of amides is 1. The predicted molar refractivity (Wildman–Crippen MR) is 108 cm³/mol. The number of nitrogens with one attached hydrogen (secondary N) is 2. The van der Waals surface area contributed by atoms with Crippen LogP contribution in [0, 0.1) is 12.7 Å². The number of benzene rings is 1. The zero-order chi connectivity index (χ0) is 20.6. The van der Waals surface area contributed by atoms with Gasteiger partial charge in [-0.15, -0.1) is 0 Å². The number of ether oxygens (including phenoxy) is 1. The average Bonchev–Trinajstić information content (AvgIpc) is 3.03. The van der Waals surface area contributed by atoms with Gasteiger partial charge in [-0.1, -0.05) is 11.6 Å². The molecule has 1 aliphatic rings. The molecule has 3 aromatic rings. The molecule has 4 rings (SSSR count). The number of hydrogen-bond donors (Lipinski definition) is 3. The molecule has 0 atom stereocenters. The molecule has 29 heavy (non-hydrogen) atoms. The molecule has 1 fully saturated rings. The highest BCUT2D eigenvalue weighted by Gasteiger charge is 2.28. The van der Waals surface area contributed by atoms with Gasteiger partial charge in [-0.25, -0.2) is 9.37 Å². The second kappa shape index (κ2) is 7.70. The number of H-pyrrole nitrogens is 1. The van der Waals surface area contributed by atoms with Crippen molar-refractivity contribution >= 4 is 28.4 Å². The first-order chi connectivity index (χ1) is 13.9. The highest BCUT2D eigenvalue weighted by molar-refractivity contribution is 6.31. The second-order valence-corrected chi connectivity index (χ2v) is 7.79. The fraction of sp³-hybridized carbons (Fsp3) is 0.350. The van der Waals surface area contributed by atoms with E-state index in [1.54, 1.807) is 6.20 Å². The van der Waals surface area contributed by atoms with Gasteiger partial charge >= 0.3 is 0 Å². The van der Waals surface area contributed by atoms with Gasteiger partial charge < -0.3 is 20.8 Å². The summed E-state index contributed by atoms with van der Waals surface area (Å²) in [5, 5.41) is 3.58. The summed E-state index contributed by atoms with van der Waals surface area (Å²) in [7, 11) is 0. The maximum atomic E-state index is 13.8. The summed E-state index contributed by atoms with van der Waals surface area (Å²) >= 11 is 5.88.